The molecule has 0 saturated heterocycles. The van der Waals surface area contributed by atoms with Gasteiger partial charge in [0.25, 0.3) is 0 Å². The molecule has 0 amide bonds. The number of ether oxygens (including phenoxy) is 1. The fraction of sp³-hybridized carbons (Fsp3) is 0.200. The first-order chi connectivity index (χ1) is 11.7. The molecule has 0 saturated carbocycles. The average molecular weight is 355 g/mol. The molecule has 132 valence electrons. The molecule has 1 heterocycles. The van der Waals surface area contributed by atoms with Gasteiger partial charge in [-0.15, -0.1) is 0 Å². The molecule has 0 aliphatic heterocycles. The van der Waals surface area contributed by atoms with Gasteiger partial charge in [-0.05, 0) is 17.7 Å². The Morgan fingerprint density at radius 2 is 2.08 bits per heavy atom. The van der Waals surface area contributed by atoms with Crippen LogP contribution >= 0.6 is 0 Å². The third kappa shape index (κ3) is 4.43. The number of methoxy groups -OCH3 is 1. The number of halogens is 3. The van der Waals surface area contributed by atoms with E-state index in [0.717, 1.165) is 31.5 Å². The standard InChI is InChI=1S/C15H12F3N3O4/c1-25-14(22)10-6-12(21(23)24)13(20-8-10)19-7-9-3-2-4-11(5-9)15(16,17)18/h2-6,8H,7H2,1H3,(H,19,20). The summed E-state index contributed by atoms with van der Waals surface area (Å²) in [4.78, 5) is 25.5. The van der Waals surface area contributed by atoms with E-state index in [2.05, 4.69) is 15.0 Å². The molecule has 7 nitrogen and oxygen atoms in total. The summed E-state index contributed by atoms with van der Waals surface area (Å²) >= 11 is 0. The molecule has 1 aromatic heterocycles. The number of hydrogen-bond acceptors (Lipinski definition) is 6. The van der Waals surface area contributed by atoms with Crippen LogP contribution < -0.4 is 5.32 Å². The Morgan fingerprint density at radius 3 is 2.68 bits per heavy atom. The van der Waals surface area contributed by atoms with Crippen molar-refractivity contribution in [3.05, 3.63) is 63.3 Å². The number of nitrogens with zero attached hydrogens (tertiary/aromatic N) is 2. The fourth-order valence-corrected chi connectivity index (χ4v) is 2.00. The van der Waals surface area contributed by atoms with Crippen LogP contribution in [0.4, 0.5) is 24.7 Å². The van der Waals surface area contributed by atoms with Crippen LogP contribution in [0.3, 0.4) is 0 Å². The zero-order valence-corrected chi connectivity index (χ0v) is 12.8. The van der Waals surface area contributed by atoms with E-state index in [1.165, 1.54) is 12.1 Å². The van der Waals surface area contributed by atoms with E-state index in [1.807, 2.05) is 0 Å². The molecule has 0 aliphatic rings. The number of carbonyl (C=O) groups is 1. The van der Waals surface area contributed by atoms with Crippen molar-refractivity contribution in [2.45, 2.75) is 12.7 Å². The second-order valence-electron chi connectivity index (χ2n) is 4.89. The Hall–Kier alpha value is -3.17. The zero-order chi connectivity index (χ0) is 18.6. The summed E-state index contributed by atoms with van der Waals surface area (Å²) in [6.45, 7) is -0.116. The van der Waals surface area contributed by atoms with E-state index < -0.39 is 28.3 Å². The van der Waals surface area contributed by atoms with Crippen molar-refractivity contribution in [2.75, 3.05) is 12.4 Å². The number of aromatic nitrogens is 1. The van der Waals surface area contributed by atoms with Gasteiger partial charge in [0.05, 0.1) is 23.2 Å². The number of benzene rings is 1. The highest BCUT2D eigenvalue weighted by Gasteiger charge is 2.30. The van der Waals surface area contributed by atoms with E-state index in [4.69, 9.17) is 0 Å². The summed E-state index contributed by atoms with van der Waals surface area (Å²) in [5, 5.41) is 13.7. The van der Waals surface area contributed by atoms with Gasteiger partial charge in [-0.3, -0.25) is 10.1 Å². The maximum absolute atomic E-state index is 12.7. The number of nitro groups is 1. The second kappa shape index (κ2) is 7.16. The van der Waals surface area contributed by atoms with Gasteiger partial charge in [-0.2, -0.15) is 13.2 Å². The predicted octanol–water partition coefficient (Wildman–Crippen LogP) is 3.41. The van der Waals surface area contributed by atoms with Crippen molar-refractivity contribution >= 4 is 17.5 Å². The monoisotopic (exact) mass is 355 g/mol. The molecule has 0 fully saturated rings. The minimum absolute atomic E-state index is 0.112. The number of pyridine rings is 1. The summed E-state index contributed by atoms with van der Waals surface area (Å²) in [5.74, 6) is -0.963. The number of alkyl halides is 3. The maximum Gasteiger partial charge on any atom is 0.416 e. The van der Waals surface area contributed by atoms with Crippen molar-refractivity contribution in [1.29, 1.82) is 0 Å². The van der Waals surface area contributed by atoms with Crippen molar-refractivity contribution in [2.24, 2.45) is 0 Å². The zero-order valence-electron chi connectivity index (χ0n) is 12.8. The number of esters is 1. The van der Waals surface area contributed by atoms with Crippen molar-refractivity contribution in [3.8, 4) is 0 Å². The van der Waals surface area contributed by atoms with Crippen LogP contribution in [0.25, 0.3) is 0 Å². The molecule has 1 N–H and O–H groups in total. The fourth-order valence-electron chi connectivity index (χ4n) is 2.00. The largest absolute Gasteiger partial charge is 0.465 e. The lowest BCUT2D eigenvalue weighted by molar-refractivity contribution is -0.384. The minimum Gasteiger partial charge on any atom is -0.465 e. The van der Waals surface area contributed by atoms with Crippen LogP contribution in [0.5, 0.6) is 0 Å². The number of rotatable bonds is 5. The summed E-state index contributed by atoms with van der Waals surface area (Å²) < 4.78 is 42.5. The molecule has 0 spiro atoms. The summed E-state index contributed by atoms with van der Waals surface area (Å²) in [6, 6.07) is 5.52. The topological polar surface area (TPSA) is 94.4 Å². The minimum atomic E-state index is -4.48. The van der Waals surface area contributed by atoms with Crippen LogP contribution in [0.2, 0.25) is 0 Å². The number of hydrogen-bond donors (Lipinski definition) is 1. The molecule has 2 aromatic rings. The molecule has 2 rings (SSSR count). The van der Waals surface area contributed by atoms with Gasteiger partial charge in [-0.1, -0.05) is 12.1 Å². The van der Waals surface area contributed by atoms with Gasteiger partial charge in [0.15, 0.2) is 0 Å². The number of carbonyl (C=O) groups excluding carboxylic acids is 1. The van der Waals surface area contributed by atoms with Crippen LogP contribution in [0, 0.1) is 10.1 Å². The Bertz CT molecular complexity index is 809. The SMILES string of the molecule is COC(=O)c1cnc(NCc2cccc(C(F)(F)F)c2)c([N+](=O)[O-])c1. The smallest absolute Gasteiger partial charge is 0.416 e. The summed E-state index contributed by atoms with van der Waals surface area (Å²) in [5.41, 5.74) is -1.16. The number of nitrogens with one attached hydrogen (secondary N) is 1. The van der Waals surface area contributed by atoms with Crippen LogP contribution in [0.15, 0.2) is 36.5 Å². The summed E-state index contributed by atoms with van der Waals surface area (Å²) in [7, 11) is 1.12. The highest BCUT2D eigenvalue weighted by molar-refractivity contribution is 5.90. The van der Waals surface area contributed by atoms with Gasteiger partial charge in [-0.25, -0.2) is 9.78 Å². The second-order valence-corrected chi connectivity index (χ2v) is 4.89. The van der Waals surface area contributed by atoms with Gasteiger partial charge < -0.3 is 10.1 Å². The molecular formula is C15H12F3N3O4. The van der Waals surface area contributed by atoms with Crippen molar-refractivity contribution < 1.29 is 27.6 Å². The van der Waals surface area contributed by atoms with Crippen LogP contribution in [-0.2, 0) is 17.5 Å². The van der Waals surface area contributed by atoms with Gasteiger partial charge in [0, 0.05) is 18.8 Å². The molecule has 10 heteroatoms. The lowest BCUT2D eigenvalue weighted by Gasteiger charge is -2.10. The van der Waals surface area contributed by atoms with E-state index >= 15 is 0 Å². The van der Waals surface area contributed by atoms with Gasteiger partial charge in [0.1, 0.15) is 0 Å². The first-order valence-corrected chi connectivity index (χ1v) is 6.85. The van der Waals surface area contributed by atoms with E-state index in [0.29, 0.717) is 0 Å². The van der Waals surface area contributed by atoms with Crippen LogP contribution in [-0.4, -0.2) is 23.0 Å². The molecular weight excluding hydrogens is 343 g/mol. The lowest BCUT2D eigenvalue weighted by Crippen LogP contribution is -2.09. The van der Waals surface area contributed by atoms with Gasteiger partial charge in [0.2, 0.25) is 5.82 Å². The quantitative estimate of drug-likeness (QED) is 0.502. The van der Waals surface area contributed by atoms with E-state index in [9.17, 15) is 28.1 Å². The van der Waals surface area contributed by atoms with Crippen molar-refractivity contribution in [1.82, 2.24) is 4.98 Å². The van der Waals surface area contributed by atoms with E-state index in [1.54, 1.807) is 0 Å². The molecule has 0 unspecified atom stereocenters. The molecule has 0 aliphatic carbocycles. The highest BCUT2D eigenvalue weighted by Crippen LogP contribution is 2.30. The maximum atomic E-state index is 12.7. The Labute approximate surface area is 139 Å². The van der Waals surface area contributed by atoms with Gasteiger partial charge >= 0.3 is 17.8 Å². The first-order valence-electron chi connectivity index (χ1n) is 6.85. The van der Waals surface area contributed by atoms with E-state index in [-0.39, 0.29) is 23.5 Å². The third-order valence-electron chi connectivity index (χ3n) is 3.20. The normalized spacial score (nSPS) is 11.0. The van der Waals surface area contributed by atoms with Crippen LogP contribution in [0.1, 0.15) is 21.5 Å². The Balaban J connectivity index is 2.23. The highest BCUT2D eigenvalue weighted by atomic mass is 19.4. The first kappa shape index (κ1) is 18.2. The Kier molecular flexibility index (Phi) is 5.20. The Morgan fingerprint density at radius 1 is 1.36 bits per heavy atom. The predicted molar refractivity (Wildman–Crippen MR) is 81.0 cm³/mol. The average Bonchev–Trinajstić information content (AvgIpc) is 2.58. The molecule has 0 radical (unpaired) electrons. The molecule has 0 bridgehead atoms. The summed E-state index contributed by atoms with van der Waals surface area (Å²) in [6.07, 6.45) is -3.41. The third-order valence-corrected chi connectivity index (χ3v) is 3.20. The molecule has 0 atom stereocenters. The number of anilines is 1. The molecule has 25 heavy (non-hydrogen) atoms. The lowest BCUT2D eigenvalue weighted by atomic mass is 10.1. The van der Waals surface area contributed by atoms with Crippen molar-refractivity contribution in [3.63, 3.8) is 0 Å². The molecule has 1 aromatic carbocycles.